The number of para-hydroxylation sites is 1. The van der Waals surface area contributed by atoms with Gasteiger partial charge in [-0.25, -0.2) is 9.97 Å². The topological polar surface area (TPSA) is 61.4 Å². The van der Waals surface area contributed by atoms with Crippen molar-refractivity contribution in [2.24, 2.45) is 0 Å². The number of hydrogen-bond acceptors (Lipinski definition) is 6. The van der Waals surface area contributed by atoms with Crippen molar-refractivity contribution in [1.82, 2.24) is 14.9 Å². The van der Waals surface area contributed by atoms with E-state index < -0.39 is 0 Å². The lowest BCUT2D eigenvalue weighted by atomic mass is 10.1. The minimum atomic E-state index is 0.0373. The fourth-order valence-corrected chi connectivity index (χ4v) is 5.58. The van der Waals surface area contributed by atoms with Crippen LogP contribution in [0.1, 0.15) is 17.0 Å². The van der Waals surface area contributed by atoms with E-state index in [1.165, 1.54) is 11.1 Å². The molecule has 0 aliphatic carbocycles. The van der Waals surface area contributed by atoms with E-state index >= 15 is 0 Å². The van der Waals surface area contributed by atoms with Gasteiger partial charge < -0.3 is 10.2 Å². The van der Waals surface area contributed by atoms with Crippen LogP contribution in [0.4, 0.5) is 11.5 Å². The van der Waals surface area contributed by atoms with Gasteiger partial charge >= 0.3 is 0 Å². The molecule has 1 aliphatic heterocycles. The first-order valence-electron chi connectivity index (χ1n) is 11.6. The van der Waals surface area contributed by atoms with E-state index in [4.69, 9.17) is 9.97 Å². The molecule has 3 heterocycles. The van der Waals surface area contributed by atoms with Crippen molar-refractivity contribution in [1.29, 1.82) is 0 Å². The van der Waals surface area contributed by atoms with Crippen molar-refractivity contribution < 1.29 is 4.79 Å². The van der Waals surface area contributed by atoms with E-state index in [9.17, 15) is 4.79 Å². The summed E-state index contributed by atoms with van der Waals surface area (Å²) < 4.78 is 0. The molecule has 7 heteroatoms. The van der Waals surface area contributed by atoms with Crippen LogP contribution in [0.15, 0.2) is 53.9 Å². The van der Waals surface area contributed by atoms with Crippen molar-refractivity contribution in [2.75, 3.05) is 42.9 Å². The van der Waals surface area contributed by atoms with Gasteiger partial charge in [0.2, 0.25) is 5.91 Å². The second-order valence-electron chi connectivity index (χ2n) is 8.87. The molecular weight excluding hydrogens is 442 g/mol. The van der Waals surface area contributed by atoms with E-state index in [0.29, 0.717) is 6.54 Å². The molecule has 174 valence electrons. The third-order valence-electron chi connectivity index (χ3n) is 6.40. The predicted molar refractivity (Wildman–Crippen MR) is 141 cm³/mol. The van der Waals surface area contributed by atoms with Crippen LogP contribution < -0.4 is 10.2 Å². The van der Waals surface area contributed by atoms with Gasteiger partial charge in [0.15, 0.2) is 0 Å². The van der Waals surface area contributed by atoms with E-state index in [1.54, 1.807) is 11.3 Å². The Labute approximate surface area is 204 Å². The van der Waals surface area contributed by atoms with Gasteiger partial charge in [0.05, 0.1) is 11.9 Å². The normalized spacial score (nSPS) is 14.5. The number of benzene rings is 2. The number of carbonyl (C=O) groups excluding carboxylic acids is 1. The Morgan fingerprint density at radius 2 is 1.65 bits per heavy atom. The maximum Gasteiger partial charge on any atom is 0.238 e. The van der Waals surface area contributed by atoms with Crippen LogP contribution in [0, 0.1) is 20.8 Å². The lowest BCUT2D eigenvalue weighted by Gasteiger charge is -2.35. The number of aryl methyl sites for hydroxylation is 3. The zero-order chi connectivity index (χ0) is 23.7. The summed E-state index contributed by atoms with van der Waals surface area (Å²) in [6, 6.07) is 16.5. The first-order valence-corrected chi connectivity index (χ1v) is 12.5. The number of carbonyl (C=O) groups is 1. The van der Waals surface area contributed by atoms with Gasteiger partial charge in [-0.15, -0.1) is 11.3 Å². The van der Waals surface area contributed by atoms with Crippen LogP contribution in [0.3, 0.4) is 0 Å². The van der Waals surface area contributed by atoms with E-state index in [-0.39, 0.29) is 5.91 Å². The number of nitrogens with zero attached hydrogens (tertiary/aromatic N) is 4. The highest BCUT2D eigenvalue weighted by atomic mass is 32.1. The molecular formula is C27H29N5OS. The Balaban J connectivity index is 1.31. The van der Waals surface area contributed by atoms with Crippen molar-refractivity contribution in [3.05, 3.63) is 70.9 Å². The second kappa shape index (κ2) is 9.52. The van der Waals surface area contributed by atoms with Crippen molar-refractivity contribution in [2.45, 2.75) is 20.8 Å². The molecule has 0 unspecified atom stereocenters. The molecule has 0 atom stereocenters. The summed E-state index contributed by atoms with van der Waals surface area (Å²) in [4.78, 5) is 27.9. The van der Waals surface area contributed by atoms with Gasteiger partial charge in [-0.2, -0.15) is 0 Å². The Morgan fingerprint density at radius 1 is 0.941 bits per heavy atom. The maximum atomic E-state index is 12.7. The zero-order valence-corrected chi connectivity index (χ0v) is 20.7. The smallest absolute Gasteiger partial charge is 0.238 e. The van der Waals surface area contributed by atoms with Gasteiger partial charge in [-0.1, -0.05) is 48.5 Å². The van der Waals surface area contributed by atoms with Gasteiger partial charge in [0, 0.05) is 42.8 Å². The summed E-state index contributed by atoms with van der Waals surface area (Å²) in [6.07, 6.45) is 0. The Morgan fingerprint density at radius 3 is 2.35 bits per heavy atom. The Hall–Kier alpha value is -3.29. The van der Waals surface area contributed by atoms with Crippen LogP contribution in [0.5, 0.6) is 0 Å². The van der Waals surface area contributed by atoms with Gasteiger partial charge in [0.1, 0.15) is 16.5 Å². The lowest BCUT2D eigenvalue weighted by Crippen LogP contribution is -2.49. The minimum absolute atomic E-state index is 0.0373. The molecule has 0 saturated carbocycles. The van der Waals surface area contributed by atoms with Crippen LogP contribution in [0.2, 0.25) is 0 Å². The van der Waals surface area contributed by atoms with Crippen LogP contribution in [-0.4, -0.2) is 53.5 Å². The van der Waals surface area contributed by atoms with Gasteiger partial charge in [-0.3, -0.25) is 9.69 Å². The Kier molecular flexibility index (Phi) is 6.30. The van der Waals surface area contributed by atoms with E-state index in [1.807, 2.05) is 45.0 Å². The monoisotopic (exact) mass is 471 g/mol. The number of piperazine rings is 1. The summed E-state index contributed by atoms with van der Waals surface area (Å²) in [5.74, 6) is 1.83. The lowest BCUT2D eigenvalue weighted by molar-refractivity contribution is -0.117. The minimum Gasteiger partial charge on any atom is -0.353 e. The standard InChI is InChI=1S/C27H29N5OS/c1-18-8-7-9-19(2)25(18)30-23(33)16-31-12-14-32(15-13-31)26-24-22(21-10-5-4-6-11-21)17-34-27(24)29-20(3)28-26/h4-11,17H,12-16H2,1-3H3,(H,30,33). The third-order valence-corrected chi connectivity index (χ3v) is 7.27. The molecule has 1 fully saturated rings. The first-order chi connectivity index (χ1) is 16.5. The summed E-state index contributed by atoms with van der Waals surface area (Å²) in [7, 11) is 0. The van der Waals surface area contributed by atoms with Crippen molar-refractivity contribution >= 4 is 39.0 Å². The molecule has 0 radical (unpaired) electrons. The molecule has 34 heavy (non-hydrogen) atoms. The SMILES string of the molecule is Cc1nc(N2CCN(CC(=O)Nc3c(C)cccc3C)CC2)c2c(-c3ccccc3)csc2n1. The van der Waals surface area contributed by atoms with Gasteiger partial charge in [0.25, 0.3) is 0 Å². The van der Waals surface area contributed by atoms with Crippen LogP contribution in [-0.2, 0) is 4.79 Å². The molecule has 4 aromatic rings. The van der Waals surface area contributed by atoms with Crippen molar-refractivity contribution in [3.63, 3.8) is 0 Å². The quantitative estimate of drug-likeness (QED) is 0.442. The molecule has 1 aliphatic rings. The number of aromatic nitrogens is 2. The first kappa shape index (κ1) is 22.5. The molecule has 5 rings (SSSR count). The highest BCUT2D eigenvalue weighted by molar-refractivity contribution is 7.17. The average molecular weight is 472 g/mol. The molecule has 2 aromatic carbocycles. The second-order valence-corrected chi connectivity index (χ2v) is 9.73. The molecule has 1 N–H and O–H groups in total. The largest absolute Gasteiger partial charge is 0.353 e. The number of hydrogen-bond donors (Lipinski definition) is 1. The number of amides is 1. The van der Waals surface area contributed by atoms with Crippen LogP contribution >= 0.6 is 11.3 Å². The number of rotatable bonds is 5. The van der Waals surface area contributed by atoms with Gasteiger partial charge in [-0.05, 0) is 37.5 Å². The van der Waals surface area contributed by atoms with E-state index in [0.717, 1.165) is 64.9 Å². The zero-order valence-electron chi connectivity index (χ0n) is 19.8. The molecule has 1 amide bonds. The summed E-state index contributed by atoms with van der Waals surface area (Å²) in [5.41, 5.74) is 5.48. The molecule has 1 saturated heterocycles. The number of fused-ring (bicyclic) bond motifs is 1. The highest BCUT2D eigenvalue weighted by Gasteiger charge is 2.24. The number of nitrogens with one attached hydrogen (secondary N) is 1. The maximum absolute atomic E-state index is 12.7. The summed E-state index contributed by atoms with van der Waals surface area (Å²) >= 11 is 1.67. The molecule has 6 nitrogen and oxygen atoms in total. The predicted octanol–water partition coefficient (Wildman–Crippen LogP) is 5.04. The number of anilines is 2. The molecule has 2 aromatic heterocycles. The van der Waals surface area contributed by atoms with Crippen molar-refractivity contribution in [3.8, 4) is 11.1 Å². The highest BCUT2D eigenvalue weighted by Crippen LogP contribution is 2.38. The number of thiophene rings is 1. The third kappa shape index (κ3) is 4.54. The Bertz CT molecular complexity index is 1310. The summed E-state index contributed by atoms with van der Waals surface area (Å²) in [5, 5.41) is 6.42. The fraction of sp³-hybridized carbons (Fsp3) is 0.296. The molecule has 0 spiro atoms. The fourth-order valence-electron chi connectivity index (χ4n) is 4.60. The average Bonchev–Trinajstić information content (AvgIpc) is 3.26. The van der Waals surface area contributed by atoms with Crippen LogP contribution in [0.25, 0.3) is 21.3 Å². The summed E-state index contributed by atoms with van der Waals surface area (Å²) in [6.45, 7) is 9.69. The molecule has 0 bridgehead atoms. The van der Waals surface area contributed by atoms with E-state index in [2.05, 4.69) is 44.8 Å².